The third-order valence-electron chi connectivity index (χ3n) is 1.72. The Morgan fingerprint density at radius 2 is 2.40 bits per heavy atom. The third kappa shape index (κ3) is 5.27. The van der Waals surface area contributed by atoms with Gasteiger partial charge in [-0.2, -0.15) is 11.8 Å². The number of aliphatic hydroxyl groups is 1. The number of hydrogen-bond donors (Lipinski definition) is 1. The second-order valence-corrected chi connectivity index (χ2v) is 5.23. The van der Waals surface area contributed by atoms with E-state index in [0.717, 1.165) is 11.3 Å². The van der Waals surface area contributed by atoms with Gasteiger partial charge < -0.3 is 5.11 Å². The Balaban J connectivity index is 2.39. The lowest BCUT2D eigenvalue weighted by molar-refractivity contribution is 0.305. The van der Waals surface area contributed by atoms with E-state index in [9.17, 15) is 0 Å². The smallest absolute Gasteiger partial charge is 0.0540 e. The lowest BCUT2D eigenvalue weighted by Crippen LogP contribution is -1.77. The Hall–Kier alpha value is -0.430. The molecule has 82 valence electrons. The number of thioether (sulfide) groups is 1. The maximum absolute atomic E-state index is 8.59. The normalized spacial score (nSPS) is 9.73. The molecule has 0 saturated carbocycles. The van der Waals surface area contributed by atoms with Gasteiger partial charge in [0.2, 0.25) is 0 Å². The van der Waals surface area contributed by atoms with Crippen molar-refractivity contribution in [1.29, 1.82) is 0 Å². The minimum atomic E-state index is 0.149. The van der Waals surface area contributed by atoms with Crippen LogP contribution in [0.15, 0.2) is 11.4 Å². The van der Waals surface area contributed by atoms with E-state index in [1.54, 1.807) is 11.3 Å². The van der Waals surface area contributed by atoms with Crippen LogP contribution in [0.25, 0.3) is 0 Å². The molecule has 0 fully saturated rings. The highest BCUT2D eigenvalue weighted by Gasteiger charge is 1.97. The van der Waals surface area contributed by atoms with Gasteiger partial charge in [0.15, 0.2) is 0 Å². The molecule has 0 spiro atoms. The molecule has 0 atom stereocenters. The fraction of sp³-hybridized carbons (Fsp3) is 0.500. The van der Waals surface area contributed by atoms with E-state index in [1.807, 2.05) is 11.8 Å². The van der Waals surface area contributed by atoms with Crippen LogP contribution in [0.2, 0.25) is 0 Å². The van der Waals surface area contributed by atoms with Gasteiger partial charge in [-0.15, -0.1) is 11.3 Å². The van der Waals surface area contributed by atoms with E-state index in [2.05, 4.69) is 30.2 Å². The van der Waals surface area contributed by atoms with E-state index >= 15 is 0 Å². The Morgan fingerprint density at radius 3 is 3.13 bits per heavy atom. The Labute approximate surface area is 99.9 Å². The van der Waals surface area contributed by atoms with Crippen molar-refractivity contribution in [1.82, 2.24) is 0 Å². The van der Waals surface area contributed by atoms with Crippen molar-refractivity contribution in [2.45, 2.75) is 25.5 Å². The van der Waals surface area contributed by atoms with Gasteiger partial charge in [-0.3, -0.25) is 0 Å². The lowest BCUT2D eigenvalue weighted by Gasteiger charge is -1.94. The monoisotopic (exact) mass is 240 g/mol. The van der Waals surface area contributed by atoms with Gasteiger partial charge in [-0.05, 0) is 18.2 Å². The highest BCUT2D eigenvalue weighted by molar-refractivity contribution is 7.98. The van der Waals surface area contributed by atoms with Crippen molar-refractivity contribution >= 4 is 23.1 Å². The van der Waals surface area contributed by atoms with Crippen LogP contribution in [-0.2, 0) is 5.75 Å². The second-order valence-electron chi connectivity index (χ2n) is 3.13. The zero-order valence-electron chi connectivity index (χ0n) is 8.95. The number of aliphatic hydroxyl groups excluding tert-OH is 1. The molecule has 0 radical (unpaired) electrons. The zero-order valence-corrected chi connectivity index (χ0v) is 10.6. The molecule has 0 amide bonds. The summed E-state index contributed by atoms with van der Waals surface area (Å²) in [7, 11) is 0. The first kappa shape index (κ1) is 12.6. The summed E-state index contributed by atoms with van der Waals surface area (Å²) in [6, 6.07) is 2.15. The summed E-state index contributed by atoms with van der Waals surface area (Å²) in [6.07, 6.45) is 1.80. The first-order chi connectivity index (χ1) is 7.36. The summed E-state index contributed by atoms with van der Waals surface area (Å²) in [5.74, 6) is 8.30. The van der Waals surface area contributed by atoms with Gasteiger partial charge in [-0.1, -0.05) is 18.8 Å². The molecule has 1 nitrogen and oxygen atoms in total. The van der Waals surface area contributed by atoms with E-state index < -0.39 is 0 Å². The van der Waals surface area contributed by atoms with Crippen LogP contribution < -0.4 is 0 Å². The standard InChI is InChI=1S/C12H16OS2/c1-2-7-14-10-12-8-11(9-15-12)5-3-4-6-13/h8-9,13H,2,4,6-7,10H2,1H3. The van der Waals surface area contributed by atoms with Crippen LogP contribution in [0.4, 0.5) is 0 Å². The molecule has 0 aliphatic carbocycles. The van der Waals surface area contributed by atoms with E-state index in [0.29, 0.717) is 6.42 Å². The summed E-state index contributed by atoms with van der Waals surface area (Å²) in [5.41, 5.74) is 1.08. The van der Waals surface area contributed by atoms with Crippen molar-refractivity contribution in [2.24, 2.45) is 0 Å². The average Bonchev–Trinajstić information content (AvgIpc) is 2.67. The van der Waals surface area contributed by atoms with Gasteiger partial charge in [0.05, 0.1) is 6.61 Å². The molecule has 0 aliphatic heterocycles. The maximum atomic E-state index is 8.59. The average molecular weight is 240 g/mol. The highest BCUT2D eigenvalue weighted by atomic mass is 32.2. The van der Waals surface area contributed by atoms with Crippen LogP contribution in [0.1, 0.15) is 30.2 Å². The van der Waals surface area contributed by atoms with Crippen molar-refractivity contribution < 1.29 is 5.11 Å². The van der Waals surface area contributed by atoms with Gasteiger partial charge >= 0.3 is 0 Å². The van der Waals surface area contributed by atoms with Crippen LogP contribution in [0.3, 0.4) is 0 Å². The highest BCUT2D eigenvalue weighted by Crippen LogP contribution is 2.20. The van der Waals surface area contributed by atoms with Gasteiger partial charge in [0.25, 0.3) is 0 Å². The lowest BCUT2D eigenvalue weighted by atomic mass is 10.3. The van der Waals surface area contributed by atoms with Gasteiger partial charge in [0.1, 0.15) is 0 Å². The molecule has 1 heterocycles. The zero-order chi connectivity index (χ0) is 10.9. The fourth-order valence-electron chi connectivity index (χ4n) is 1.06. The maximum Gasteiger partial charge on any atom is 0.0540 e. The Kier molecular flexibility index (Phi) is 6.58. The van der Waals surface area contributed by atoms with Crippen LogP contribution in [0.5, 0.6) is 0 Å². The summed E-state index contributed by atoms with van der Waals surface area (Å²) in [5, 5.41) is 10.7. The predicted molar refractivity (Wildman–Crippen MR) is 69.4 cm³/mol. The van der Waals surface area contributed by atoms with Crippen LogP contribution >= 0.6 is 23.1 Å². The molecular weight excluding hydrogens is 224 g/mol. The van der Waals surface area contributed by atoms with Gasteiger partial charge in [-0.25, -0.2) is 0 Å². The molecular formula is C12H16OS2. The molecule has 0 saturated heterocycles. The number of rotatable bonds is 5. The molecule has 1 aromatic rings. The largest absolute Gasteiger partial charge is 0.395 e. The summed E-state index contributed by atoms with van der Waals surface area (Å²) in [6.45, 7) is 2.35. The fourth-order valence-corrected chi connectivity index (χ4v) is 2.90. The minimum absolute atomic E-state index is 0.149. The summed E-state index contributed by atoms with van der Waals surface area (Å²) < 4.78 is 0. The first-order valence-electron chi connectivity index (χ1n) is 5.11. The molecule has 0 bridgehead atoms. The molecule has 3 heteroatoms. The molecule has 1 aromatic heterocycles. The SMILES string of the molecule is CCCSCc1cc(C#CCCO)cs1. The van der Waals surface area contributed by atoms with E-state index in [4.69, 9.17) is 5.11 Å². The van der Waals surface area contributed by atoms with Crippen molar-refractivity contribution in [3.63, 3.8) is 0 Å². The van der Waals surface area contributed by atoms with Crippen LogP contribution in [0, 0.1) is 11.8 Å². The third-order valence-corrected chi connectivity index (χ3v) is 4.05. The molecule has 0 aliphatic rings. The van der Waals surface area contributed by atoms with E-state index in [1.165, 1.54) is 17.1 Å². The quantitative estimate of drug-likeness (QED) is 0.630. The molecule has 0 unspecified atom stereocenters. The Bertz CT molecular complexity index is 333. The van der Waals surface area contributed by atoms with Crippen molar-refractivity contribution in [3.8, 4) is 11.8 Å². The summed E-state index contributed by atoms with van der Waals surface area (Å²) >= 11 is 3.74. The molecule has 0 aromatic carbocycles. The second kappa shape index (κ2) is 7.81. The van der Waals surface area contributed by atoms with Crippen molar-refractivity contribution in [2.75, 3.05) is 12.4 Å². The Morgan fingerprint density at radius 1 is 1.53 bits per heavy atom. The van der Waals surface area contributed by atoms with Gasteiger partial charge in [0, 0.05) is 28.0 Å². The topological polar surface area (TPSA) is 20.2 Å². The molecule has 15 heavy (non-hydrogen) atoms. The molecule has 1 rings (SSSR count). The van der Waals surface area contributed by atoms with Crippen molar-refractivity contribution in [3.05, 3.63) is 21.9 Å². The van der Waals surface area contributed by atoms with Crippen LogP contribution in [-0.4, -0.2) is 17.5 Å². The number of hydrogen-bond acceptors (Lipinski definition) is 3. The predicted octanol–water partition coefficient (Wildman–Crippen LogP) is 3.13. The summed E-state index contributed by atoms with van der Waals surface area (Å²) in [4.78, 5) is 1.39. The van der Waals surface area contributed by atoms with E-state index in [-0.39, 0.29) is 6.61 Å². The number of thiophene rings is 1. The molecule has 1 N–H and O–H groups in total. The minimum Gasteiger partial charge on any atom is -0.395 e. The first-order valence-corrected chi connectivity index (χ1v) is 7.15.